The number of ketones is 1. The minimum absolute atomic E-state index is 0.273. The van der Waals surface area contributed by atoms with Gasteiger partial charge in [-0.1, -0.05) is 44.4 Å². The summed E-state index contributed by atoms with van der Waals surface area (Å²) >= 11 is 0. The number of fused-ring (bicyclic) bond motifs is 1. The molecule has 3 rings (SSSR count). The topological polar surface area (TPSA) is 29.1 Å². The van der Waals surface area contributed by atoms with E-state index in [2.05, 4.69) is 30.4 Å². The van der Waals surface area contributed by atoms with E-state index in [4.69, 9.17) is 0 Å². The van der Waals surface area contributed by atoms with Crippen LogP contribution >= 0.6 is 0 Å². The molecule has 1 aromatic carbocycles. The molecule has 1 heterocycles. The van der Waals surface area contributed by atoms with Crippen molar-refractivity contribution in [3.8, 4) is 0 Å². The lowest BCUT2D eigenvalue weighted by atomic mass is 9.73. The molecule has 0 amide bonds. The molecule has 1 N–H and O–H groups in total. The molecule has 0 aromatic heterocycles. The first-order chi connectivity index (χ1) is 9.81. The number of benzene rings is 1. The number of hydrogen-bond acceptors (Lipinski definition) is 2. The van der Waals surface area contributed by atoms with Crippen LogP contribution in [0.15, 0.2) is 18.2 Å². The van der Waals surface area contributed by atoms with Crippen LogP contribution in [0.1, 0.15) is 60.5 Å². The van der Waals surface area contributed by atoms with Gasteiger partial charge in [0, 0.05) is 18.0 Å². The lowest BCUT2D eigenvalue weighted by Gasteiger charge is -2.31. The highest BCUT2D eigenvalue weighted by molar-refractivity contribution is 5.99. The van der Waals surface area contributed by atoms with E-state index in [0.29, 0.717) is 11.7 Å². The second-order valence-electron chi connectivity index (χ2n) is 6.29. The molecular weight excluding hydrogens is 246 g/mol. The molecular formula is C18H25NO. The van der Waals surface area contributed by atoms with Crippen LogP contribution in [0.25, 0.3) is 0 Å². The molecule has 1 fully saturated rings. The van der Waals surface area contributed by atoms with Crippen LogP contribution in [0.5, 0.6) is 0 Å². The summed E-state index contributed by atoms with van der Waals surface area (Å²) < 4.78 is 0. The molecule has 1 aromatic rings. The maximum absolute atomic E-state index is 13.0. The average molecular weight is 271 g/mol. The molecule has 0 radical (unpaired) electrons. The van der Waals surface area contributed by atoms with Gasteiger partial charge < -0.3 is 5.32 Å². The first kappa shape index (κ1) is 13.8. The van der Waals surface area contributed by atoms with Gasteiger partial charge in [-0.15, -0.1) is 0 Å². The van der Waals surface area contributed by atoms with Crippen molar-refractivity contribution in [2.75, 3.05) is 6.54 Å². The fraction of sp³-hybridized carbons (Fsp3) is 0.611. The number of carbonyl (C=O) groups is 1. The Labute approximate surface area is 122 Å². The normalized spacial score (nSPS) is 26.1. The van der Waals surface area contributed by atoms with Crippen molar-refractivity contribution in [1.82, 2.24) is 5.32 Å². The smallest absolute Gasteiger partial charge is 0.166 e. The number of nitrogens with one attached hydrogen (secondary N) is 1. The van der Waals surface area contributed by atoms with Crippen molar-refractivity contribution in [2.24, 2.45) is 11.8 Å². The third-order valence-corrected chi connectivity index (χ3v) is 5.18. The van der Waals surface area contributed by atoms with Gasteiger partial charge in [0.2, 0.25) is 0 Å². The first-order valence-corrected chi connectivity index (χ1v) is 8.17. The molecule has 1 saturated carbocycles. The van der Waals surface area contributed by atoms with Crippen molar-refractivity contribution in [2.45, 2.75) is 52.0 Å². The molecule has 0 bridgehead atoms. The molecule has 2 unspecified atom stereocenters. The van der Waals surface area contributed by atoms with Gasteiger partial charge in [-0.25, -0.2) is 0 Å². The number of Topliss-reactive ketones (excluding diaryl/α,β-unsaturated/α-hetero) is 1. The second-order valence-corrected chi connectivity index (χ2v) is 6.29. The molecule has 1 aliphatic heterocycles. The van der Waals surface area contributed by atoms with Crippen molar-refractivity contribution < 1.29 is 4.79 Å². The van der Waals surface area contributed by atoms with Gasteiger partial charge in [0.05, 0.1) is 0 Å². The minimum atomic E-state index is 0.273. The maximum atomic E-state index is 13.0. The van der Waals surface area contributed by atoms with E-state index >= 15 is 0 Å². The predicted molar refractivity (Wildman–Crippen MR) is 81.9 cm³/mol. The molecule has 2 heteroatoms. The summed E-state index contributed by atoms with van der Waals surface area (Å²) in [4.78, 5) is 13.0. The number of rotatable bonds is 3. The van der Waals surface area contributed by atoms with Gasteiger partial charge >= 0.3 is 0 Å². The zero-order valence-corrected chi connectivity index (χ0v) is 12.5. The van der Waals surface area contributed by atoms with Crippen molar-refractivity contribution in [3.63, 3.8) is 0 Å². The molecule has 1 aliphatic carbocycles. The second kappa shape index (κ2) is 6.09. The molecule has 20 heavy (non-hydrogen) atoms. The molecule has 108 valence electrons. The standard InChI is InChI=1S/C18H25NO/c1-2-13-6-3-4-8-16(13)18(20)17-9-5-7-14-12-19-11-10-15(14)17/h5,7,9,13,16,19H,2-4,6,8,10-12H2,1H3. The predicted octanol–water partition coefficient (Wildman–Crippen LogP) is 3.73. The van der Waals surface area contributed by atoms with Gasteiger partial charge in [0.15, 0.2) is 5.78 Å². The molecule has 2 aliphatic rings. The van der Waals surface area contributed by atoms with Crippen LogP contribution in [0.4, 0.5) is 0 Å². The van der Waals surface area contributed by atoms with Gasteiger partial charge in [-0.2, -0.15) is 0 Å². The van der Waals surface area contributed by atoms with Crippen molar-refractivity contribution >= 4 is 5.78 Å². The monoisotopic (exact) mass is 271 g/mol. The van der Waals surface area contributed by atoms with Crippen LogP contribution in [-0.4, -0.2) is 12.3 Å². The Kier molecular flexibility index (Phi) is 4.21. The van der Waals surface area contributed by atoms with E-state index in [0.717, 1.165) is 37.9 Å². The fourth-order valence-corrected chi connectivity index (χ4v) is 4.00. The summed E-state index contributed by atoms with van der Waals surface area (Å²) in [7, 11) is 0. The van der Waals surface area contributed by atoms with Crippen LogP contribution in [0.3, 0.4) is 0 Å². The lowest BCUT2D eigenvalue weighted by Crippen LogP contribution is -2.30. The van der Waals surface area contributed by atoms with Crippen LogP contribution in [0.2, 0.25) is 0 Å². The van der Waals surface area contributed by atoms with Crippen LogP contribution in [0, 0.1) is 11.8 Å². The van der Waals surface area contributed by atoms with Crippen LogP contribution in [-0.2, 0) is 13.0 Å². The van der Waals surface area contributed by atoms with E-state index in [1.165, 1.54) is 30.4 Å². The summed E-state index contributed by atoms with van der Waals surface area (Å²) in [6.07, 6.45) is 7.01. The molecule has 0 saturated heterocycles. The number of carbonyl (C=O) groups excluding carboxylic acids is 1. The van der Waals surface area contributed by atoms with E-state index < -0.39 is 0 Å². The lowest BCUT2D eigenvalue weighted by molar-refractivity contribution is 0.0819. The highest BCUT2D eigenvalue weighted by Crippen LogP contribution is 2.35. The van der Waals surface area contributed by atoms with Gasteiger partial charge in [-0.05, 0) is 42.9 Å². The van der Waals surface area contributed by atoms with Gasteiger partial charge in [0.25, 0.3) is 0 Å². The molecule has 2 atom stereocenters. The minimum Gasteiger partial charge on any atom is -0.312 e. The van der Waals surface area contributed by atoms with Gasteiger partial charge in [0.1, 0.15) is 0 Å². The Bertz CT molecular complexity index is 494. The van der Waals surface area contributed by atoms with E-state index in [9.17, 15) is 4.79 Å². The van der Waals surface area contributed by atoms with E-state index in [-0.39, 0.29) is 5.92 Å². The largest absolute Gasteiger partial charge is 0.312 e. The molecule has 0 spiro atoms. The van der Waals surface area contributed by atoms with Crippen LogP contribution < -0.4 is 5.32 Å². The average Bonchev–Trinajstić information content (AvgIpc) is 2.53. The highest BCUT2D eigenvalue weighted by Gasteiger charge is 2.31. The Morgan fingerprint density at radius 2 is 2.15 bits per heavy atom. The van der Waals surface area contributed by atoms with Crippen molar-refractivity contribution in [3.05, 3.63) is 34.9 Å². The Morgan fingerprint density at radius 1 is 1.30 bits per heavy atom. The Morgan fingerprint density at radius 3 is 3.00 bits per heavy atom. The quantitative estimate of drug-likeness (QED) is 0.849. The van der Waals surface area contributed by atoms with Crippen molar-refractivity contribution in [1.29, 1.82) is 0 Å². The Hall–Kier alpha value is -1.15. The first-order valence-electron chi connectivity index (χ1n) is 8.17. The summed E-state index contributed by atoms with van der Waals surface area (Å²) in [5.74, 6) is 1.30. The van der Waals surface area contributed by atoms with Gasteiger partial charge in [-0.3, -0.25) is 4.79 Å². The Balaban J connectivity index is 1.90. The SMILES string of the molecule is CCC1CCCCC1C(=O)c1cccc2c1CCNC2. The molecule has 2 nitrogen and oxygen atoms in total. The summed E-state index contributed by atoms with van der Waals surface area (Å²) in [6.45, 7) is 4.15. The summed E-state index contributed by atoms with van der Waals surface area (Å²) in [5, 5.41) is 3.40. The maximum Gasteiger partial charge on any atom is 0.166 e. The zero-order chi connectivity index (χ0) is 13.9. The highest BCUT2D eigenvalue weighted by atomic mass is 16.1. The number of hydrogen-bond donors (Lipinski definition) is 1. The summed E-state index contributed by atoms with van der Waals surface area (Å²) in [5.41, 5.74) is 3.66. The third-order valence-electron chi connectivity index (χ3n) is 5.18. The fourth-order valence-electron chi connectivity index (χ4n) is 4.00. The third kappa shape index (κ3) is 2.54. The zero-order valence-electron chi connectivity index (χ0n) is 12.5. The van der Waals surface area contributed by atoms with E-state index in [1.807, 2.05) is 0 Å². The summed E-state index contributed by atoms with van der Waals surface area (Å²) in [6, 6.07) is 6.28. The van der Waals surface area contributed by atoms with E-state index in [1.54, 1.807) is 0 Å².